The molecule has 1 aromatic heterocycles. The molecule has 0 radical (unpaired) electrons. The van der Waals surface area contributed by atoms with E-state index >= 15 is 0 Å². The second-order valence-corrected chi connectivity index (χ2v) is 10.5. The number of rotatable bonds is 6. The normalized spacial score (nSPS) is 11.5. The number of halogens is 1. The van der Waals surface area contributed by atoms with Gasteiger partial charge in [-0.2, -0.15) is 0 Å². The summed E-state index contributed by atoms with van der Waals surface area (Å²) in [6.07, 6.45) is 1.15. The standard InChI is InChI=1S/C21H25N3O3S2.ClH/c1-14-12-18-19(13-15(14)2)28-21(22-18)24(11-10-23(3)4)20(25)16-6-8-17(9-7-16)29(5,26)27;/h6-9,12-13H,10-11H2,1-5H3;1H. The summed E-state index contributed by atoms with van der Waals surface area (Å²) in [5.41, 5.74) is 3.66. The zero-order chi connectivity index (χ0) is 21.3. The molecular formula is C21H26ClN3O3S2. The van der Waals surface area contributed by atoms with E-state index < -0.39 is 9.84 Å². The maximum atomic E-state index is 13.3. The highest BCUT2D eigenvalue weighted by Crippen LogP contribution is 2.31. The predicted molar refractivity (Wildman–Crippen MR) is 126 cm³/mol. The van der Waals surface area contributed by atoms with Crippen molar-refractivity contribution in [2.75, 3.05) is 38.3 Å². The summed E-state index contributed by atoms with van der Waals surface area (Å²) in [5.74, 6) is -0.195. The Bertz CT molecular complexity index is 1120. The molecule has 3 rings (SSSR count). The molecule has 0 unspecified atom stereocenters. The van der Waals surface area contributed by atoms with Crippen LogP contribution in [-0.4, -0.2) is 57.6 Å². The van der Waals surface area contributed by atoms with Gasteiger partial charge in [0.2, 0.25) is 0 Å². The van der Waals surface area contributed by atoms with E-state index in [0.29, 0.717) is 23.8 Å². The van der Waals surface area contributed by atoms with Crippen molar-refractivity contribution >= 4 is 54.8 Å². The van der Waals surface area contributed by atoms with Gasteiger partial charge in [-0.15, -0.1) is 12.4 Å². The van der Waals surface area contributed by atoms with Crippen molar-refractivity contribution in [1.82, 2.24) is 9.88 Å². The molecule has 0 fully saturated rings. The summed E-state index contributed by atoms with van der Waals surface area (Å²) in [6, 6.07) is 10.2. The van der Waals surface area contributed by atoms with Gasteiger partial charge in [-0.3, -0.25) is 9.69 Å². The van der Waals surface area contributed by atoms with Crippen LogP contribution in [0.1, 0.15) is 21.5 Å². The van der Waals surface area contributed by atoms with Gasteiger partial charge in [0.25, 0.3) is 5.91 Å². The number of hydrogen-bond donors (Lipinski definition) is 0. The first kappa shape index (κ1) is 24.3. The number of nitrogens with zero attached hydrogens (tertiary/aromatic N) is 3. The highest BCUT2D eigenvalue weighted by molar-refractivity contribution is 7.90. The molecule has 0 saturated carbocycles. The third kappa shape index (κ3) is 5.37. The zero-order valence-electron chi connectivity index (χ0n) is 17.7. The number of fused-ring (bicyclic) bond motifs is 1. The highest BCUT2D eigenvalue weighted by Gasteiger charge is 2.22. The van der Waals surface area contributed by atoms with Gasteiger partial charge in [-0.25, -0.2) is 13.4 Å². The average molecular weight is 468 g/mol. The lowest BCUT2D eigenvalue weighted by atomic mass is 10.1. The molecule has 0 atom stereocenters. The molecular weight excluding hydrogens is 442 g/mol. The second-order valence-electron chi connectivity index (χ2n) is 7.46. The fourth-order valence-electron chi connectivity index (χ4n) is 2.87. The Morgan fingerprint density at radius 1 is 1.03 bits per heavy atom. The topological polar surface area (TPSA) is 70.6 Å². The third-order valence-electron chi connectivity index (χ3n) is 4.77. The van der Waals surface area contributed by atoms with Gasteiger partial charge in [0.05, 0.1) is 15.1 Å². The molecule has 3 aromatic rings. The van der Waals surface area contributed by atoms with Crippen molar-refractivity contribution in [2.24, 2.45) is 0 Å². The Balaban J connectivity index is 0.00000320. The zero-order valence-corrected chi connectivity index (χ0v) is 20.1. The number of anilines is 1. The highest BCUT2D eigenvalue weighted by atomic mass is 35.5. The van der Waals surface area contributed by atoms with Crippen LogP contribution in [0.25, 0.3) is 10.2 Å². The number of carbonyl (C=O) groups excluding carboxylic acids is 1. The summed E-state index contributed by atoms with van der Waals surface area (Å²) in [7, 11) is 0.599. The van der Waals surface area contributed by atoms with Crippen molar-refractivity contribution in [3.8, 4) is 0 Å². The molecule has 0 bridgehead atoms. The Morgan fingerprint density at radius 3 is 2.20 bits per heavy atom. The maximum Gasteiger partial charge on any atom is 0.260 e. The number of thiazole rings is 1. The SMILES string of the molecule is Cc1cc2nc(N(CCN(C)C)C(=O)c3ccc(S(C)(=O)=O)cc3)sc2cc1C.Cl. The van der Waals surface area contributed by atoms with Gasteiger partial charge >= 0.3 is 0 Å². The summed E-state index contributed by atoms with van der Waals surface area (Å²) >= 11 is 1.49. The molecule has 9 heteroatoms. The molecule has 0 aliphatic rings. The van der Waals surface area contributed by atoms with Crippen LogP contribution in [0.5, 0.6) is 0 Å². The Hall–Kier alpha value is -2.00. The van der Waals surface area contributed by atoms with E-state index in [4.69, 9.17) is 4.98 Å². The molecule has 162 valence electrons. The van der Waals surface area contributed by atoms with E-state index in [9.17, 15) is 13.2 Å². The number of aromatic nitrogens is 1. The lowest BCUT2D eigenvalue weighted by molar-refractivity contribution is 0.0985. The van der Waals surface area contributed by atoms with Gasteiger partial charge in [-0.05, 0) is 75.5 Å². The van der Waals surface area contributed by atoms with Crippen molar-refractivity contribution in [3.05, 3.63) is 53.1 Å². The van der Waals surface area contributed by atoms with Crippen LogP contribution in [0.15, 0.2) is 41.3 Å². The number of aryl methyl sites for hydroxylation is 2. The molecule has 6 nitrogen and oxygen atoms in total. The Labute approximate surface area is 187 Å². The quantitative estimate of drug-likeness (QED) is 0.549. The van der Waals surface area contributed by atoms with Gasteiger partial charge in [0, 0.05) is 24.9 Å². The van der Waals surface area contributed by atoms with E-state index in [2.05, 4.69) is 13.0 Å². The third-order valence-corrected chi connectivity index (χ3v) is 6.94. The number of benzene rings is 2. The number of amides is 1. The van der Waals surface area contributed by atoms with Crippen molar-refractivity contribution < 1.29 is 13.2 Å². The van der Waals surface area contributed by atoms with Gasteiger partial charge < -0.3 is 4.90 Å². The molecule has 0 saturated heterocycles. The fraction of sp³-hybridized carbons (Fsp3) is 0.333. The maximum absolute atomic E-state index is 13.3. The Morgan fingerprint density at radius 2 is 1.63 bits per heavy atom. The van der Waals surface area contributed by atoms with Crippen LogP contribution in [-0.2, 0) is 9.84 Å². The number of carbonyl (C=O) groups is 1. The van der Waals surface area contributed by atoms with E-state index in [1.807, 2.05) is 32.0 Å². The van der Waals surface area contributed by atoms with Crippen LogP contribution in [0, 0.1) is 13.8 Å². The van der Waals surface area contributed by atoms with Crippen LogP contribution in [0.3, 0.4) is 0 Å². The summed E-state index contributed by atoms with van der Waals surface area (Å²) in [5, 5.41) is 0.643. The molecule has 30 heavy (non-hydrogen) atoms. The minimum absolute atomic E-state index is 0. The predicted octanol–water partition coefficient (Wildman–Crippen LogP) is 3.95. The fourth-order valence-corrected chi connectivity index (χ4v) is 4.57. The molecule has 0 aliphatic carbocycles. The molecule has 1 heterocycles. The van der Waals surface area contributed by atoms with Crippen molar-refractivity contribution in [3.63, 3.8) is 0 Å². The number of hydrogen-bond acceptors (Lipinski definition) is 6. The van der Waals surface area contributed by atoms with Crippen LogP contribution >= 0.6 is 23.7 Å². The summed E-state index contributed by atoms with van der Waals surface area (Å²) in [4.78, 5) is 21.8. The van der Waals surface area contributed by atoms with Crippen LogP contribution in [0.4, 0.5) is 5.13 Å². The number of likely N-dealkylation sites (N-methyl/N-ethyl adjacent to an activating group) is 1. The molecule has 1 amide bonds. The molecule has 0 N–H and O–H groups in total. The van der Waals surface area contributed by atoms with E-state index in [0.717, 1.165) is 22.0 Å². The first-order chi connectivity index (χ1) is 13.6. The lowest BCUT2D eigenvalue weighted by Crippen LogP contribution is -2.36. The van der Waals surface area contributed by atoms with Crippen molar-refractivity contribution in [2.45, 2.75) is 18.7 Å². The Kier molecular flexibility index (Phi) is 7.63. The molecule has 0 spiro atoms. The van der Waals surface area contributed by atoms with Crippen LogP contribution < -0.4 is 4.90 Å². The minimum atomic E-state index is -3.31. The monoisotopic (exact) mass is 467 g/mol. The minimum Gasteiger partial charge on any atom is -0.308 e. The van der Waals surface area contributed by atoms with Crippen LogP contribution in [0.2, 0.25) is 0 Å². The number of sulfone groups is 1. The smallest absolute Gasteiger partial charge is 0.260 e. The largest absolute Gasteiger partial charge is 0.308 e. The first-order valence-electron chi connectivity index (χ1n) is 9.21. The van der Waals surface area contributed by atoms with E-state index in [1.165, 1.54) is 29.0 Å². The summed E-state index contributed by atoms with van der Waals surface area (Å²) in [6.45, 7) is 5.27. The molecule has 2 aromatic carbocycles. The van der Waals surface area contributed by atoms with Crippen molar-refractivity contribution in [1.29, 1.82) is 0 Å². The first-order valence-corrected chi connectivity index (χ1v) is 11.9. The van der Waals surface area contributed by atoms with E-state index in [1.54, 1.807) is 17.0 Å². The lowest BCUT2D eigenvalue weighted by Gasteiger charge is -2.22. The van der Waals surface area contributed by atoms with Gasteiger partial charge in [-0.1, -0.05) is 11.3 Å². The van der Waals surface area contributed by atoms with E-state index in [-0.39, 0.29) is 23.2 Å². The van der Waals surface area contributed by atoms with Gasteiger partial charge in [0.15, 0.2) is 15.0 Å². The average Bonchev–Trinajstić information content (AvgIpc) is 3.03. The molecule has 0 aliphatic heterocycles. The van der Waals surface area contributed by atoms with Gasteiger partial charge in [0.1, 0.15) is 0 Å². The second kappa shape index (κ2) is 9.43. The summed E-state index contributed by atoms with van der Waals surface area (Å²) < 4.78 is 24.4.